The number of halogens is 1. The van der Waals surface area contributed by atoms with Crippen molar-refractivity contribution >= 4 is 28.8 Å². The lowest BCUT2D eigenvalue weighted by Gasteiger charge is -2.49. The Kier molecular flexibility index (Phi) is 5.49. The Morgan fingerprint density at radius 2 is 1.93 bits per heavy atom. The molecule has 1 aromatic carbocycles. The number of anilines is 1. The molecule has 0 spiro atoms. The third kappa shape index (κ3) is 3.70. The fourth-order valence-corrected chi connectivity index (χ4v) is 5.04. The summed E-state index contributed by atoms with van der Waals surface area (Å²) in [7, 11) is 0. The average molecular weight is 401 g/mol. The maximum atomic E-state index is 14.0. The number of hydrogen-bond acceptors (Lipinski definition) is 3. The van der Waals surface area contributed by atoms with Crippen LogP contribution in [0.3, 0.4) is 0 Å². The van der Waals surface area contributed by atoms with Crippen molar-refractivity contribution in [3.8, 4) is 0 Å². The Hall–Kier alpha value is -2.21. The van der Waals surface area contributed by atoms with Gasteiger partial charge < -0.3 is 5.32 Å². The Morgan fingerprint density at radius 1 is 1.14 bits per heavy atom. The number of nitrogens with zero attached hydrogens (tertiary/aromatic N) is 1. The van der Waals surface area contributed by atoms with Crippen LogP contribution in [0, 0.1) is 5.82 Å². The smallest absolute Gasteiger partial charge is 0.246 e. The van der Waals surface area contributed by atoms with E-state index in [9.17, 15) is 14.0 Å². The zero-order valence-electron chi connectivity index (χ0n) is 15.8. The highest BCUT2D eigenvalue weighted by atomic mass is 32.1. The highest BCUT2D eigenvalue weighted by molar-refractivity contribution is 7.10. The van der Waals surface area contributed by atoms with Crippen LogP contribution in [0.25, 0.3) is 0 Å². The minimum atomic E-state index is -0.912. The maximum absolute atomic E-state index is 14.0. The molecule has 1 aromatic heterocycles. The van der Waals surface area contributed by atoms with Crippen LogP contribution >= 0.6 is 11.3 Å². The van der Waals surface area contributed by atoms with E-state index in [4.69, 9.17) is 0 Å². The minimum Gasteiger partial charge on any atom is -0.351 e. The average Bonchev–Trinajstić information content (AvgIpc) is 3.31. The standard InChI is InChI=1S/C22H25FN2O2S/c23-16-6-3-9-18(14-16)25(20(26)15-19-10-4-13-28-19)22(11-5-12-22)21(27)24-17-7-1-2-8-17/h3-4,6,9-10,13-14,17H,1-2,5,7-8,11-12,15H2,(H,24,27). The van der Waals surface area contributed by atoms with E-state index >= 15 is 0 Å². The molecule has 0 radical (unpaired) electrons. The zero-order chi connectivity index (χ0) is 19.6. The van der Waals surface area contributed by atoms with E-state index in [0.29, 0.717) is 18.5 Å². The van der Waals surface area contributed by atoms with Crippen LogP contribution in [0.4, 0.5) is 10.1 Å². The highest BCUT2D eigenvalue weighted by Gasteiger charge is 2.52. The van der Waals surface area contributed by atoms with E-state index < -0.39 is 11.4 Å². The molecule has 1 N–H and O–H groups in total. The van der Waals surface area contributed by atoms with Gasteiger partial charge >= 0.3 is 0 Å². The van der Waals surface area contributed by atoms with Gasteiger partial charge in [0, 0.05) is 16.6 Å². The van der Waals surface area contributed by atoms with Gasteiger partial charge in [0.25, 0.3) is 0 Å². The normalized spacial score (nSPS) is 18.5. The van der Waals surface area contributed by atoms with Gasteiger partial charge in [0.15, 0.2) is 0 Å². The number of carbonyl (C=O) groups excluding carboxylic acids is 2. The van der Waals surface area contributed by atoms with Gasteiger partial charge in [-0.15, -0.1) is 11.3 Å². The molecule has 2 aromatic rings. The van der Waals surface area contributed by atoms with Crippen LogP contribution in [0.2, 0.25) is 0 Å². The summed E-state index contributed by atoms with van der Waals surface area (Å²) in [5, 5.41) is 5.11. The number of hydrogen-bond donors (Lipinski definition) is 1. The van der Waals surface area contributed by atoms with Gasteiger partial charge in [-0.1, -0.05) is 25.0 Å². The lowest BCUT2D eigenvalue weighted by Crippen LogP contribution is -2.66. The van der Waals surface area contributed by atoms with Crippen LogP contribution in [0.5, 0.6) is 0 Å². The van der Waals surface area contributed by atoms with Crippen molar-refractivity contribution in [1.29, 1.82) is 0 Å². The SMILES string of the molecule is O=C(Cc1cccs1)N(c1cccc(F)c1)C1(C(=O)NC2CCCC2)CCC1. The van der Waals surface area contributed by atoms with Crippen molar-refractivity contribution < 1.29 is 14.0 Å². The highest BCUT2D eigenvalue weighted by Crippen LogP contribution is 2.42. The fraction of sp³-hybridized carbons (Fsp3) is 0.455. The fourth-order valence-electron chi connectivity index (χ4n) is 4.34. The summed E-state index contributed by atoms with van der Waals surface area (Å²) < 4.78 is 14.0. The number of carbonyl (C=O) groups is 2. The monoisotopic (exact) mass is 400 g/mol. The molecular formula is C22H25FN2O2S. The molecular weight excluding hydrogens is 375 g/mol. The molecule has 0 saturated heterocycles. The molecule has 0 atom stereocenters. The van der Waals surface area contributed by atoms with Gasteiger partial charge in [-0.2, -0.15) is 0 Å². The topological polar surface area (TPSA) is 49.4 Å². The summed E-state index contributed by atoms with van der Waals surface area (Å²) in [4.78, 5) is 29.2. The van der Waals surface area contributed by atoms with Crippen LogP contribution < -0.4 is 10.2 Å². The Labute approximate surface area is 168 Å². The van der Waals surface area contributed by atoms with Crippen molar-refractivity contribution in [1.82, 2.24) is 5.32 Å². The summed E-state index contributed by atoms with van der Waals surface area (Å²) in [6.07, 6.45) is 6.56. The predicted molar refractivity (Wildman–Crippen MR) is 109 cm³/mol. The summed E-state index contributed by atoms with van der Waals surface area (Å²) in [6.45, 7) is 0. The summed E-state index contributed by atoms with van der Waals surface area (Å²) in [6, 6.07) is 10.0. The number of benzene rings is 1. The number of thiophene rings is 1. The van der Waals surface area contributed by atoms with Crippen LogP contribution in [0.1, 0.15) is 49.8 Å². The van der Waals surface area contributed by atoms with E-state index in [2.05, 4.69) is 5.32 Å². The molecule has 2 aliphatic rings. The second-order valence-electron chi connectivity index (χ2n) is 7.81. The van der Waals surface area contributed by atoms with Crippen molar-refractivity contribution in [2.45, 2.75) is 62.9 Å². The number of nitrogens with one attached hydrogen (secondary N) is 1. The third-order valence-electron chi connectivity index (χ3n) is 5.94. The Bertz CT molecular complexity index is 842. The molecule has 0 bridgehead atoms. The van der Waals surface area contributed by atoms with Gasteiger partial charge in [-0.25, -0.2) is 4.39 Å². The summed E-state index contributed by atoms with van der Waals surface area (Å²) >= 11 is 1.52. The van der Waals surface area contributed by atoms with Crippen LogP contribution in [-0.4, -0.2) is 23.4 Å². The van der Waals surface area contributed by atoms with Gasteiger partial charge in [-0.3, -0.25) is 14.5 Å². The summed E-state index contributed by atoms with van der Waals surface area (Å²) in [5.74, 6) is -0.652. The van der Waals surface area contributed by atoms with E-state index in [1.807, 2.05) is 17.5 Å². The number of amides is 2. The molecule has 2 saturated carbocycles. The quantitative estimate of drug-likeness (QED) is 0.779. The minimum absolute atomic E-state index is 0.0885. The van der Waals surface area contributed by atoms with Gasteiger partial charge in [0.2, 0.25) is 11.8 Å². The third-order valence-corrected chi connectivity index (χ3v) is 6.82. The maximum Gasteiger partial charge on any atom is 0.246 e. The van der Waals surface area contributed by atoms with Crippen LogP contribution in [0.15, 0.2) is 41.8 Å². The molecule has 2 amide bonds. The molecule has 28 heavy (non-hydrogen) atoms. The molecule has 4 rings (SSSR count). The predicted octanol–water partition coefficient (Wildman–Crippen LogP) is 4.44. The first-order valence-corrected chi connectivity index (χ1v) is 10.9. The van der Waals surface area contributed by atoms with E-state index in [0.717, 1.165) is 37.0 Å². The Morgan fingerprint density at radius 3 is 2.54 bits per heavy atom. The lowest BCUT2D eigenvalue weighted by molar-refractivity contribution is -0.134. The molecule has 6 heteroatoms. The van der Waals surface area contributed by atoms with Gasteiger partial charge in [0.1, 0.15) is 11.4 Å². The van der Waals surface area contributed by atoms with Crippen molar-refractivity contribution in [3.63, 3.8) is 0 Å². The van der Waals surface area contributed by atoms with Gasteiger partial charge in [-0.05, 0) is 61.7 Å². The van der Waals surface area contributed by atoms with Crippen LogP contribution in [-0.2, 0) is 16.0 Å². The molecule has 0 aliphatic heterocycles. The first-order valence-electron chi connectivity index (χ1n) is 10.0. The Balaban J connectivity index is 1.66. The first-order chi connectivity index (χ1) is 13.6. The van der Waals surface area contributed by atoms with E-state index in [-0.39, 0.29) is 24.3 Å². The lowest BCUT2D eigenvalue weighted by atomic mass is 9.73. The number of rotatable bonds is 6. The molecule has 4 nitrogen and oxygen atoms in total. The van der Waals surface area contributed by atoms with Gasteiger partial charge in [0.05, 0.1) is 6.42 Å². The zero-order valence-corrected chi connectivity index (χ0v) is 16.6. The molecule has 2 aliphatic carbocycles. The van der Waals surface area contributed by atoms with E-state index in [1.54, 1.807) is 17.0 Å². The van der Waals surface area contributed by atoms with Crippen molar-refractivity contribution in [3.05, 3.63) is 52.5 Å². The molecule has 0 unspecified atom stereocenters. The molecule has 2 fully saturated rings. The van der Waals surface area contributed by atoms with Crippen molar-refractivity contribution in [2.24, 2.45) is 0 Å². The molecule has 1 heterocycles. The largest absolute Gasteiger partial charge is 0.351 e. The molecule has 148 valence electrons. The summed E-state index contributed by atoms with van der Waals surface area (Å²) in [5.41, 5.74) is -0.451. The van der Waals surface area contributed by atoms with Crippen molar-refractivity contribution in [2.75, 3.05) is 4.90 Å². The van der Waals surface area contributed by atoms with E-state index in [1.165, 1.54) is 23.5 Å². The second kappa shape index (κ2) is 8.03. The first kappa shape index (κ1) is 19.1. The second-order valence-corrected chi connectivity index (χ2v) is 8.84.